The summed E-state index contributed by atoms with van der Waals surface area (Å²) in [6.07, 6.45) is 0. The number of Topliss-reactive ketones (excluding diaryl/α,β-unsaturated/α-hetero) is 1. The van der Waals surface area contributed by atoms with E-state index >= 15 is 0 Å². The Balaban J connectivity index is 3.66. The highest BCUT2D eigenvalue weighted by atomic mass is 35.5. The van der Waals surface area contributed by atoms with Gasteiger partial charge < -0.3 is 18.9 Å². The van der Waals surface area contributed by atoms with Crippen LogP contribution in [0.5, 0.6) is 0 Å². The molecule has 0 atom stereocenters. The molecule has 0 aromatic heterocycles. The Kier molecular flexibility index (Phi) is 8.59. The van der Waals surface area contributed by atoms with E-state index in [1.54, 1.807) is 0 Å². The van der Waals surface area contributed by atoms with E-state index in [-0.39, 0.29) is 5.56 Å². The molecular weight excluding hydrogens is 396 g/mol. The van der Waals surface area contributed by atoms with Crippen molar-refractivity contribution >= 4 is 41.3 Å². The SMILES string of the molecule is COC(=O)C(C(=O)OC)C(C(=O)c1ccc(Cl)cc1)C(C(=O)OC)C(=O)OC. The van der Waals surface area contributed by atoms with Gasteiger partial charge in [-0.05, 0) is 24.3 Å². The maximum atomic E-state index is 13.1. The molecule has 0 amide bonds. The number of carbonyl (C=O) groups excluding carboxylic acids is 5. The number of hydrogen-bond donors (Lipinski definition) is 0. The van der Waals surface area contributed by atoms with Crippen LogP contribution in [0.25, 0.3) is 0 Å². The van der Waals surface area contributed by atoms with Crippen molar-refractivity contribution < 1.29 is 42.9 Å². The molecule has 10 heteroatoms. The number of esters is 4. The van der Waals surface area contributed by atoms with Gasteiger partial charge in [0.2, 0.25) is 0 Å². The smallest absolute Gasteiger partial charge is 0.320 e. The molecule has 1 aromatic rings. The topological polar surface area (TPSA) is 122 Å². The van der Waals surface area contributed by atoms with Gasteiger partial charge in [-0.1, -0.05) is 11.6 Å². The number of rotatable bonds is 8. The third-order valence-electron chi connectivity index (χ3n) is 3.97. The van der Waals surface area contributed by atoms with Crippen molar-refractivity contribution in [3.8, 4) is 0 Å². The quantitative estimate of drug-likeness (QED) is 0.266. The molecule has 0 heterocycles. The van der Waals surface area contributed by atoms with Crippen LogP contribution in [-0.2, 0) is 38.1 Å². The molecule has 0 saturated carbocycles. The largest absolute Gasteiger partial charge is 0.468 e. The Labute approximate surface area is 165 Å². The van der Waals surface area contributed by atoms with Crippen LogP contribution < -0.4 is 0 Å². The molecule has 1 rings (SSSR count). The summed E-state index contributed by atoms with van der Waals surface area (Å²) in [7, 11) is 3.92. The molecule has 0 aliphatic carbocycles. The van der Waals surface area contributed by atoms with E-state index in [4.69, 9.17) is 11.6 Å². The third kappa shape index (κ3) is 5.07. The fraction of sp³-hybridized carbons (Fsp3) is 0.389. The Morgan fingerprint density at radius 3 is 1.29 bits per heavy atom. The van der Waals surface area contributed by atoms with Crippen LogP contribution in [-0.4, -0.2) is 58.1 Å². The van der Waals surface area contributed by atoms with E-state index in [2.05, 4.69) is 18.9 Å². The zero-order valence-corrected chi connectivity index (χ0v) is 16.3. The Morgan fingerprint density at radius 2 is 1.00 bits per heavy atom. The number of ether oxygens (including phenoxy) is 4. The van der Waals surface area contributed by atoms with Crippen molar-refractivity contribution in [3.05, 3.63) is 34.9 Å². The predicted molar refractivity (Wildman–Crippen MR) is 94.3 cm³/mol. The van der Waals surface area contributed by atoms with E-state index in [1.807, 2.05) is 0 Å². The zero-order valence-electron chi connectivity index (χ0n) is 15.6. The van der Waals surface area contributed by atoms with E-state index < -0.39 is 47.4 Å². The molecule has 0 saturated heterocycles. The molecular formula is C18H19ClO9. The molecule has 0 aliphatic rings. The van der Waals surface area contributed by atoms with Crippen LogP contribution in [0.1, 0.15) is 10.4 Å². The van der Waals surface area contributed by atoms with Crippen LogP contribution >= 0.6 is 11.6 Å². The van der Waals surface area contributed by atoms with Crippen LogP contribution in [0.15, 0.2) is 24.3 Å². The maximum absolute atomic E-state index is 13.1. The second kappa shape index (κ2) is 10.4. The number of benzene rings is 1. The summed E-state index contributed by atoms with van der Waals surface area (Å²) < 4.78 is 18.3. The van der Waals surface area contributed by atoms with Crippen molar-refractivity contribution in [2.45, 2.75) is 0 Å². The summed E-state index contributed by atoms with van der Waals surface area (Å²) in [5, 5.41) is 0.322. The lowest BCUT2D eigenvalue weighted by atomic mass is 9.76. The van der Waals surface area contributed by atoms with Crippen molar-refractivity contribution in [1.82, 2.24) is 0 Å². The molecule has 0 N–H and O–H groups in total. The van der Waals surface area contributed by atoms with Crippen molar-refractivity contribution in [1.29, 1.82) is 0 Å². The fourth-order valence-electron chi connectivity index (χ4n) is 2.59. The van der Waals surface area contributed by atoms with E-state index in [0.29, 0.717) is 5.02 Å². The Hall–Kier alpha value is -2.94. The average molecular weight is 415 g/mol. The molecule has 0 bridgehead atoms. The second-order valence-corrected chi connectivity index (χ2v) is 5.88. The number of methoxy groups -OCH3 is 4. The first-order valence-corrected chi connectivity index (χ1v) is 8.22. The van der Waals surface area contributed by atoms with Crippen LogP contribution in [0.2, 0.25) is 5.02 Å². The van der Waals surface area contributed by atoms with Gasteiger partial charge in [0.15, 0.2) is 17.6 Å². The first kappa shape index (κ1) is 23.1. The third-order valence-corrected chi connectivity index (χ3v) is 4.22. The van der Waals surface area contributed by atoms with Gasteiger partial charge in [-0.25, -0.2) is 0 Å². The van der Waals surface area contributed by atoms with Crippen LogP contribution in [0, 0.1) is 17.8 Å². The van der Waals surface area contributed by atoms with Gasteiger partial charge in [0.1, 0.15) is 0 Å². The fourth-order valence-corrected chi connectivity index (χ4v) is 2.71. The molecule has 152 valence electrons. The second-order valence-electron chi connectivity index (χ2n) is 5.44. The lowest BCUT2D eigenvalue weighted by molar-refractivity contribution is -0.167. The Bertz CT molecular complexity index is 689. The van der Waals surface area contributed by atoms with Gasteiger partial charge in [0, 0.05) is 10.6 Å². The van der Waals surface area contributed by atoms with Crippen molar-refractivity contribution in [2.75, 3.05) is 28.4 Å². The van der Waals surface area contributed by atoms with E-state index in [0.717, 1.165) is 28.4 Å². The summed E-state index contributed by atoms with van der Waals surface area (Å²) in [5.74, 6) is -11.2. The van der Waals surface area contributed by atoms with Gasteiger partial charge in [0.25, 0.3) is 0 Å². The highest BCUT2D eigenvalue weighted by molar-refractivity contribution is 6.30. The molecule has 28 heavy (non-hydrogen) atoms. The number of hydrogen-bond acceptors (Lipinski definition) is 9. The minimum absolute atomic E-state index is 0.00925. The highest BCUT2D eigenvalue weighted by Crippen LogP contribution is 2.30. The first-order chi connectivity index (χ1) is 13.2. The monoisotopic (exact) mass is 414 g/mol. The average Bonchev–Trinajstić information content (AvgIpc) is 2.71. The number of halogens is 1. The van der Waals surface area contributed by atoms with Crippen LogP contribution in [0.4, 0.5) is 0 Å². The predicted octanol–water partition coefficient (Wildman–Crippen LogP) is 1.06. The number of ketones is 1. The minimum atomic E-state index is -1.92. The van der Waals surface area contributed by atoms with Gasteiger partial charge in [-0.15, -0.1) is 0 Å². The first-order valence-electron chi connectivity index (χ1n) is 7.84. The molecule has 0 radical (unpaired) electrons. The molecule has 1 aromatic carbocycles. The summed E-state index contributed by atoms with van der Waals surface area (Å²) in [6, 6.07) is 5.41. The molecule has 9 nitrogen and oxygen atoms in total. The van der Waals surface area contributed by atoms with Crippen molar-refractivity contribution in [3.63, 3.8) is 0 Å². The lowest BCUT2D eigenvalue weighted by Crippen LogP contribution is -2.47. The molecule has 0 spiro atoms. The number of carbonyl (C=O) groups is 5. The highest BCUT2D eigenvalue weighted by Gasteiger charge is 2.52. The standard InChI is InChI=1S/C18H19ClO9/c1-25-15(21)12(16(22)26-2)11(13(17(23)27-3)18(24)28-4)14(20)9-5-7-10(19)8-6-9/h5-8,11-13H,1-4H3. The minimum Gasteiger partial charge on any atom is -0.468 e. The summed E-state index contributed by atoms with van der Waals surface area (Å²) >= 11 is 5.80. The molecule has 0 fully saturated rings. The summed E-state index contributed by atoms with van der Waals surface area (Å²) in [4.78, 5) is 62.2. The summed E-state index contributed by atoms with van der Waals surface area (Å²) in [6.45, 7) is 0. The molecule has 0 unspecified atom stereocenters. The lowest BCUT2D eigenvalue weighted by Gasteiger charge is -2.26. The normalized spacial score (nSPS) is 10.6. The summed E-state index contributed by atoms with van der Waals surface area (Å²) in [5.41, 5.74) is -0.00925. The van der Waals surface area contributed by atoms with Gasteiger partial charge >= 0.3 is 23.9 Å². The van der Waals surface area contributed by atoms with E-state index in [1.165, 1.54) is 24.3 Å². The zero-order chi connectivity index (χ0) is 21.4. The van der Waals surface area contributed by atoms with Crippen molar-refractivity contribution in [2.24, 2.45) is 17.8 Å². The van der Waals surface area contributed by atoms with Gasteiger partial charge in [0.05, 0.1) is 34.4 Å². The van der Waals surface area contributed by atoms with E-state index in [9.17, 15) is 24.0 Å². The Morgan fingerprint density at radius 1 is 0.679 bits per heavy atom. The maximum Gasteiger partial charge on any atom is 0.320 e. The molecule has 0 aliphatic heterocycles. The van der Waals surface area contributed by atoms with Gasteiger partial charge in [-0.3, -0.25) is 24.0 Å². The van der Waals surface area contributed by atoms with Gasteiger partial charge in [-0.2, -0.15) is 0 Å². The van der Waals surface area contributed by atoms with Crippen LogP contribution in [0.3, 0.4) is 0 Å².